The molecule has 0 spiro atoms. The second kappa shape index (κ2) is 7.06. The molecule has 0 bridgehead atoms. The minimum absolute atomic E-state index is 0.0224. The summed E-state index contributed by atoms with van der Waals surface area (Å²) in [6, 6.07) is 0. The topological polar surface area (TPSA) is 78.9 Å². The van der Waals surface area contributed by atoms with E-state index in [4.69, 9.17) is 10.5 Å². The van der Waals surface area contributed by atoms with Crippen molar-refractivity contribution in [2.24, 2.45) is 0 Å². The number of thioether (sulfide) groups is 2. The van der Waals surface area contributed by atoms with Gasteiger partial charge in [-0.15, -0.1) is 0 Å². The van der Waals surface area contributed by atoms with Gasteiger partial charge in [-0.3, -0.25) is 4.57 Å². The first-order valence-corrected chi connectivity index (χ1v) is 9.72. The molecule has 1 saturated heterocycles. The highest BCUT2D eigenvalue weighted by atomic mass is 32.2. The summed E-state index contributed by atoms with van der Waals surface area (Å²) in [7, 11) is 0. The Labute approximate surface area is 138 Å². The first-order valence-electron chi connectivity index (χ1n) is 7.52. The van der Waals surface area contributed by atoms with Gasteiger partial charge in [-0.25, -0.2) is 15.0 Å². The van der Waals surface area contributed by atoms with E-state index in [9.17, 15) is 0 Å². The second-order valence-corrected chi connectivity index (χ2v) is 7.94. The van der Waals surface area contributed by atoms with Crippen molar-refractivity contribution in [3.63, 3.8) is 0 Å². The van der Waals surface area contributed by atoms with E-state index in [0.717, 1.165) is 29.3 Å². The fourth-order valence-electron chi connectivity index (χ4n) is 2.73. The van der Waals surface area contributed by atoms with Crippen LogP contribution in [0.25, 0.3) is 11.2 Å². The largest absolute Gasteiger partial charge is 0.382 e. The fraction of sp³-hybridized carbons (Fsp3) is 0.643. The van der Waals surface area contributed by atoms with Gasteiger partial charge in [0.15, 0.2) is 11.5 Å². The van der Waals surface area contributed by atoms with Crippen LogP contribution in [-0.4, -0.2) is 48.1 Å². The van der Waals surface area contributed by atoms with Crippen molar-refractivity contribution in [3.8, 4) is 0 Å². The fourth-order valence-corrected chi connectivity index (χ4v) is 4.73. The Bertz CT molecular complexity index is 635. The Morgan fingerprint density at radius 3 is 2.95 bits per heavy atom. The summed E-state index contributed by atoms with van der Waals surface area (Å²) in [6.45, 7) is 4.38. The van der Waals surface area contributed by atoms with Crippen LogP contribution in [0.5, 0.6) is 0 Å². The zero-order chi connectivity index (χ0) is 15.5. The number of nitrogens with two attached hydrogens (primary N) is 1. The van der Waals surface area contributed by atoms with Crippen molar-refractivity contribution in [2.45, 2.75) is 37.9 Å². The normalized spacial score (nSPS) is 25.1. The van der Waals surface area contributed by atoms with Crippen LogP contribution in [0.3, 0.4) is 0 Å². The Hall–Kier alpha value is -0.990. The van der Waals surface area contributed by atoms with E-state index in [2.05, 4.69) is 28.8 Å². The van der Waals surface area contributed by atoms with Crippen LogP contribution >= 0.6 is 23.5 Å². The molecule has 0 amide bonds. The molecule has 0 aromatic carbocycles. The number of nitrogen functional groups attached to an aromatic ring is 1. The lowest BCUT2D eigenvalue weighted by atomic mass is 10.2. The average Bonchev–Trinajstić information content (AvgIpc) is 3.10. The molecule has 6 nitrogen and oxygen atoms in total. The lowest BCUT2D eigenvalue weighted by Crippen LogP contribution is -2.21. The first-order chi connectivity index (χ1) is 10.7. The molecule has 1 aliphatic heterocycles. The van der Waals surface area contributed by atoms with Gasteiger partial charge in [0.25, 0.3) is 0 Å². The summed E-state index contributed by atoms with van der Waals surface area (Å²) < 4.78 is 8.29. The monoisotopic (exact) mass is 339 g/mol. The molecular weight excluding hydrogens is 318 g/mol. The molecule has 1 aliphatic rings. The number of rotatable bonds is 6. The molecule has 2 N–H and O–H groups in total. The number of fused-ring (bicyclic) bond motifs is 1. The molecule has 0 radical (unpaired) electrons. The molecule has 0 aliphatic carbocycles. The third kappa shape index (κ3) is 3.04. The average molecular weight is 339 g/mol. The maximum Gasteiger partial charge on any atom is 0.167 e. The van der Waals surface area contributed by atoms with Crippen LogP contribution < -0.4 is 5.73 Å². The predicted octanol–water partition coefficient (Wildman–Crippen LogP) is 2.57. The smallest absolute Gasteiger partial charge is 0.167 e. The third-order valence-electron chi connectivity index (χ3n) is 3.74. The van der Waals surface area contributed by atoms with Crippen LogP contribution in [0.2, 0.25) is 0 Å². The van der Waals surface area contributed by atoms with Crippen molar-refractivity contribution in [3.05, 3.63) is 12.7 Å². The van der Waals surface area contributed by atoms with Gasteiger partial charge in [-0.05, 0) is 11.5 Å². The Balaban J connectivity index is 1.83. The Morgan fingerprint density at radius 2 is 2.18 bits per heavy atom. The zero-order valence-corrected chi connectivity index (χ0v) is 14.4. The maximum atomic E-state index is 6.30. The number of aromatic nitrogens is 4. The lowest BCUT2D eigenvalue weighted by molar-refractivity contribution is 0.0159. The molecule has 3 atom stereocenters. The molecule has 22 heavy (non-hydrogen) atoms. The number of nitrogens with zero attached hydrogens (tertiary/aromatic N) is 4. The minimum Gasteiger partial charge on any atom is -0.382 e. The SMILES string of the molecule is CCSC[C@@H]1O[C@@H](n2cnc3c(N)ncnc32)C[C@H]1SCC. The van der Waals surface area contributed by atoms with Gasteiger partial charge in [-0.1, -0.05) is 13.8 Å². The molecule has 1 fully saturated rings. The highest BCUT2D eigenvalue weighted by Gasteiger charge is 2.36. The van der Waals surface area contributed by atoms with Crippen molar-refractivity contribution in [2.75, 3.05) is 23.0 Å². The third-order valence-corrected chi connectivity index (χ3v) is 5.97. The standard InChI is InChI=1S/C14H21N5OS2/c1-3-21-6-9-10(22-4-2)5-11(20-9)19-8-18-12-13(15)16-7-17-14(12)19/h7-11H,3-6H2,1-2H3,(H2,15,16,17)/t9-,10+,11+/m0/s1. The molecule has 0 unspecified atom stereocenters. The Kier molecular flexibility index (Phi) is 5.10. The highest BCUT2D eigenvalue weighted by molar-refractivity contribution is 8.00. The van der Waals surface area contributed by atoms with E-state index >= 15 is 0 Å². The maximum absolute atomic E-state index is 6.30. The van der Waals surface area contributed by atoms with E-state index in [1.54, 1.807) is 6.33 Å². The molecule has 3 rings (SSSR count). The molecule has 120 valence electrons. The summed E-state index contributed by atoms with van der Waals surface area (Å²) in [6.07, 6.45) is 4.47. The van der Waals surface area contributed by atoms with Crippen LogP contribution in [0.15, 0.2) is 12.7 Å². The van der Waals surface area contributed by atoms with Gasteiger partial charge in [-0.2, -0.15) is 23.5 Å². The van der Waals surface area contributed by atoms with Gasteiger partial charge in [0.1, 0.15) is 18.1 Å². The van der Waals surface area contributed by atoms with E-state index < -0.39 is 0 Å². The molecular formula is C14H21N5OS2. The van der Waals surface area contributed by atoms with E-state index in [1.165, 1.54) is 6.33 Å². The van der Waals surface area contributed by atoms with Gasteiger partial charge in [0.2, 0.25) is 0 Å². The first kappa shape index (κ1) is 15.9. The van der Waals surface area contributed by atoms with E-state index in [1.807, 2.05) is 28.1 Å². The Morgan fingerprint density at radius 1 is 1.32 bits per heavy atom. The lowest BCUT2D eigenvalue weighted by Gasteiger charge is -2.17. The van der Waals surface area contributed by atoms with E-state index in [0.29, 0.717) is 16.6 Å². The van der Waals surface area contributed by atoms with E-state index in [-0.39, 0.29) is 12.3 Å². The van der Waals surface area contributed by atoms with Gasteiger partial charge in [0.05, 0.1) is 12.4 Å². The van der Waals surface area contributed by atoms with Crippen LogP contribution in [0, 0.1) is 0 Å². The summed E-state index contributed by atoms with van der Waals surface area (Å²) >= 11 is 3.91. The molecule has 3 heterocycles. The molecule has 2 aromatic rings. The minimum atomic E-state index is -0.0224. The molecule has 0 saturated carbocycles. The van der Waals surface area contributed by atoms with Gasteiger partial charge < -0.3 is 10.5 Å². The summed E-state index contributed by atoms with van der Waals surface area (Å²) in [5, 5.41) is 0.519. The van der Waals surface area contributed by atoms with Crippen LogP contribution in [0.4, 0.5) is 5.82 Å². The molecule has 2 aromatic heterocycles. The van der Waals surface area contributed by atoms with Crippen molar-refractivity contribution in [1.29, 1.82) is 0 Å². The predicted molar refractivity (Wildman–Crippen MR) is 93.2 cm³/mol. The van der Waals surface area contributed by atoms with Crippen LogP contribution in [-0.2, 0) is 4.74 Å². The van der Waals surface area contributed by atoms with Crippen molar-refractivity contribution >= 4 is 40.5 Å². The number of anilines is 1. The summed E-state index contributed by atoms with van der Waals surface area (Å²) in [4.78, 5) is 12.7. The van der Waals surface area contributed by atoms with Crippen LogP contribution in [0.1, 0.15) is 26.5 Å². The summed E-state index contributed by atoms with van der Waals surface area (Å²) in [5.41, 5.74) is 7.26. The van der Waals surface area contributed by atoms with Crippen molar-refractivity contribution < 1.29 is 4.74 Å². The molecule has 8 heteroatoms. The second-order valence-electron chi connectivity index (χ2n) is 5.10. The number of hydrogen-bond acceptors (Lipinski definition) is 7. The van der Waals surface area contributed by atoms with Crippen molar-refractivity contribution in [1.82, 2.24) is 19.5 Å². The highest BCUT2D eigenvalue weighted by Crippen LogP contribution is 2.38. The zero-order valence-electron chi connectivity index (χ0n) is 12.8. The van der Waals surface area contributed by atoms with Gasteiger partial charge >= 0.3 is 0 Å². The summed E-state index contributed by atoms with van der Waals surface area (Å²) in [5.74, 6) is 3.67. The number of hydrogen-bond donors (Lipinski definition) is 1. The number of ether oxygens (including phenoxy) is 1. The quantitative estimate of drug-likeness (QED) is 0.866. The van der Waals surface area contributed by atoms with Gasteiger partial charge in [0, 0.05) is 17.4 Å². The number of imidazole rings is 1.